The Bertz CT molecular complexity index is 337. The second-order valence-electron chi connectivity index (χ2n) is 5.96. The highest BCUT2D eigenvalue weighted by molar-refractivity contribution is 5.97. The van der Waals surface area contributed by atoms with Gasteiger partial charge in [0.05, 0.1) is 0 Å². The van der Waals surface area contributed by atoms with Gasteiger partial charge in [0.1, 0.15) is 12.1 Å². The number of piperazine rings is 1. The number of hydrogen-bond acceptors (Lipinski definition) is 2. The Balaban J connectivity index is 2.08. The van der Waals surface area contributed by atoms with Crippen LogP contribution in [-0.2, 0) is 9.59 Å². The zero-order valence-corrected chi connectivity index (χ0v) is 11.6. The maximum atomic E-state index is 12.4. The number of rotatable bonds is 5. The average molecular weight is 252 g/mol. The molecule has 2 unspecified atom stereocenters. The van der Waals surface area contributed by atoms with Crippen molar-refractivity contribution in [3.63, 3.8) is 0 Å². The maximum absolute atomic E-state index is 12.4. The van der Waals surface area contributed by atoms with Gasteiger partial charge in [0, 0.05) is 6.54 Å². The SMILES string of the molecule is CCC1C(=O)NC(C2CC2)C(=O)N1CCC(C)C. The highest BCUT2D eigenvalue weighted by atomic mass is 16.2. The highest BCUT2D eigenvalue weighted by Gasteiger charge is 2.45. The van der Waals surface area contributed by atoms with Crippen LogP contribution in [0.15, 0.2) is 0 Å². The fraction of sp³-hybridized carbons (Fsp3) is 0.857. The molecule has 1 saturated heterocycles. The van der Waals surface area contributed by atoms with E-state index in [-0.39, 0.29) is 23.9 Å². The fourth-order valence-corrected chi connectivity index (χ4v) is 2.60. The standard InChI is InChI=1S/C14H24N2O2/c1-4-11-13(17)15-12(10-5-6-10)14(18)16(11)8-7-9(2)3/h9-12H,4-8H2,1-3H3,(H,15,17). The van der Waals surface area contributed by atoms with Crippen LogP contribution in [0.4, 0.5) is 0 Å². The first-order valence-corrected chi connectivity index (χ1v) is 7.15. The van der Waals surface area contributed by atoms with Crippen molar-refractivity contribution in [2.75, 3.05) is 6.54 Å². The highest BCUT2D eigenvalue weighted by Crippen LogP contribution is 2.35. The lowest BCUT2D eigenvalue weighted by Gasteiger charge is -2.39. The zero-order valence-electron chi connectivity index (χ0n) is 11.6. The minimum Gasteiger partial charge on any atom is -0.342 e. The van der Waals surface area contributed by atoms with E-state index in [0.717, 1.165) is 19.3 Å². The van der Waals surface area contributed by atoms with Crippen molar-refractivity contribution in [3.8, 4) is 0 Å². The minimum atomic E-state index is -0.258. The van der Waals surface area contributed by atoms with Gasteiger partial charge in [-0.3, -0.25) is 9.59 Å². The Labute approximate surface area is 109 Å². The molecule has 0 aromatic rings. The third-order valence-electron chi connectivity index (χ3n) is 3.95. The average Bonchev–Trinajstić information content (AvgIpc) is 3.13. The van der Waals surface area contributed by atoms with Crippen molar-refractivity contribution in [2.24, 2.45) is 11.8 Å². The van der Waals surface area contributed by atoms with Gasteiger partial charge in [0.2, 0.25) is 11.8 Å². The van der Waals surface area contributed by atoms with Gasteiger partial charge in [-0.2, -0.15) is 0 Å². The number of hydrogen-bond donors (Lipinski definition) is 1. The van der Waals surface area contributed by atoms with Gasteiger partial charge in [-0.05, 0) is 37.5 Å². The lowest BCUT2D eigenvalue weighted by atomic mass is 10.0. The Morgan fingerprint density at radius 3 is 2.50 bits per heavy atom. The normalized spacial score (nSPS) is 28.8. The first-order chi connectivity index (χ1) is 8.54. The van der Waals surface area contributed by atoms with Crippen LogP contribution in [-0.4, -0.2) is 35.3 Å². The molecule has 0 aromatic carbocycles. The van der Waals surface area contributed by atoms with Gasteiger partial charge in [0.25, 0.3) is 0 Å². The van der Waals surface area contributed by atoms with Gasteiger partial charge in [-0.15, -0.1) is 0 Å². The molecule has 2 rings (SSSR count). The second kappa shape index (κ2) is 5.29. The monoisotopic (exact) mass is 252 g/mol. The molecule has 0 spiro atoms. The summed E-state index contributed by atoms with van der Waals surface area (Å²) in [5, 5.41) is 2.92. The van der Waals surface area contributed by atoms with Crippen molar-refractivity contribution >= 4 is 11.8 Å². The third kappa shape index (κ3) is 2.68. The molecular weight excluding hydrogens is 228 g/mol. The van der Waals surface area contributed by atoms with Gasteiger partial charge in [-0.1, -0.05) is 20.8 Å². The largest absolute Gasteiger partial charge is 0.342 e. The molecular formula is C14H24N2O2. The first-order valence-electron chi connectivity index (χ1n) is 7.15. The van der Waals surface area contributed by atoms with Crippen LogP contribution < -0.4 is 5.32 Å². The summed E-state index contributed by atoms with van der Waals surface area (Å²) in [6.07, 6.45) is 3.82. The smallest absolute Gasteiger partial charge is 0.246 e. The van der Waals surface area contributed by atoms with Crippen molar-refractivity contribution in [1.82, 2.24) is 10.2 Å². The summed E-state index contributed by atoms with van der Waals surface area (Å²) in [5.74, 6) is 1.13. The first kappa shape index (κ1) is 13.4. The number of nitrogens with zero attached hydrogens (tertiary/aromatic N) is 1. The zero-order chi connectivity index (χ0) is 13.3. The molecule has 18 heavy (non-hydrogen) atoms. The molecule has 2 aliphatic rings. The van der Waals surface area contributed by atoms with E-state index in [1.807, 2.05) is 11.8 Å². The molecule has 102 valence electrons. The molecule has 1 N–H and O–H groups in total. The van der Waals surface area contributed by atoms with Gasteiger partial charge < -0.3 is 10.2 Å². The molecule has 1 aliphatic carbocycles. The molecule has 0 radical (unpaired) electrons. The van der Waals surface area contributed by atoms with Crippen LogP contribution in [0.2, 0.25) is 0 Å². The van der Waals surface area contributed by atoms with Crippen molar-refractivity contribution in [1.29, 1.82) is 0 Å². The second-order valence-corrected chi connectivity index (χ2v) is 5.96. The Morgan fingerprint density at radius 1 is 1.33 bits per heavy atom. The summed E-state index contributed by atoms with van der Waals surface area (Å²) in [4.78, 5) is 26.3. The molecule has 0 aromatic heterocycles. The van der Waals surface area contributed by atoms with Crippen LogP contribution in [0.1, 0.15) is 46.5 Å². The number of nitrogens with one attached hydrogen (secondary N) is 1. The van der Waals surface area contributed by atoms with Crippen molar-refractivity contribution in [2.45, 2.75) is 58.5 Å². The fourth-order valence-electron chi connectivity index (χ4n) is 2.60. The van der Waals surface area contributed by atoms with Crippen LogP contribution in [0.3, 0.4) is 0 Å². The number of carbonyl (C=O) groups excluding carboxylic acids is 2. The van der Waals surface area contributed by atoms with Gasteiger partial charge in [0.15, 0.2) is 0 Å². The summed E-state index contributed by atoms with van der Waals surface area (Å²) in [5.41, 5.74) is 0. The Hall–Kier alpha value is -1.06. The van der Waals surface area contributed by atoms with E-state index in [0.29, 0.717) is 24.8 Å². The van der Waals surface area contributed by atoms with Crippen molar-refractivity contribution < 1.29 is 9.59 Å². The predicted octanol–water partition coefficient (Wildman–Crippen LogP) is 1.55. The van der Waals surface area contributed by atoms with Crippen LogP contribution in [0.5, 0.6) is 0 Å². The van der Waals surface area contributed by atoms with Gasteiger partial charge in [-0.25, -0.2) is 0 Å². The van der Waals surface area contributed by atoms with E-state index in [1.165, 1.54) is 0 Å². The molecule has 0 bridgehead atoms. The number of amides is 2. The van der Waals surface area contributed by atoms with Crippen LogP contribution in [0.25, 0.3) is 0 Å². The van der Waals surface area contributed by atoms with E-state index in [1.54, 1.807) is 0 Å². The van der Waals surface area contributed by atoms with Crippen LogP contribution >= 0.6 is 0 Å². The summed E-state index contributed by atoms with van der Waals surface area (Å²) in [6, 6.07) is -0.501. The third-order valence-corrected chi connectivity index (χ3v) is 3.95. The maximum Gasteiger partial charge on any atom is 0.246 e. The lowest BCUT2D eigenvalue weighted by Crippen LogP contribution is -2.64. The van der Waals surface area contributed by atoms with E-state index < -0.39 is 0 Å². The summed E-state index contributed by atoms with van der Waals surface area (Å²) in [6.45, 7) is 6.98. The summed E-state index contributed by atoms with van der Waals surface area (Å²) >= 11 is 0. The Kier molecular flexibility index (Phi) is 3.93. The molecule has 4 heteroatoms. The lowest BCUT2D eigenvalue weighted by molar-refractivity contribution is -0.150. The topological polar surface area (TPSA) is 49.4 Å². The molecule has 4 nitrogen and oxygen atoms in total. The van der Waals surface area contributed by atoms with E-state index in [4.69, 9.17) is 0 Å². The van der Waals surface area contributed by atoms with Crippen LogP contribution in [0, 0.1) is 11.8 Å². The minimum absolute atomic E-state index is 0.0396. The molecule has 2 fully saturated rings. The van der Waals surface area contributed by atoms with E-state index in [9.17, 15) is 9.59 Å². The quantitative estimate of drug-likeness (QED) is 0.807. The van der Waals surface area contributed by atoms with E-state index in [2.05, 4.69) is 19.2 Å². The Morgan fingerprint density at radius 2 is 2.00 bits per heavy atom. The van der Waals surface area contributed by atoms with E-state index >= 15 is 0 Å². The molecule has 1 heterocycles. The molecule has 1 saturated carbocycles. The molecule has 1 aliphatic heterocycles. The predicted molar refractivity (Wildman–Crippen MR) is 69.9 cm³/mol. The van der Waals surface area contributed by atoms with Gasteiger partial charge >= 0.3 is 0 Å². The summed E-state index contributed by atoms with van der Waals surface area (Å²) in [7, 11) is 0. The molecule has 2 amide bonds. The van der Waals surface area contributed by atoms with Crippen molar-refractivity contribution in [3.05, 3.63) is 0 Å². The summed E-state index contributed by atoms with van der Waals surface area (Å²) < 4.78 is 0. The molecule has 2 atom stereocenters. The number of carbonyl (C=O) groups is 2.